The summed E-state index contributed by atoms with van der Waals surface area (Å²) in [5.74, 6) is -0.257. The van der Waals surface area contributed by atoms with Gasteiger partial charge in [-0.3, -0.25) is 0 Å². The van der Waals surface area contributed by atoms with Crippen molar-refractivity contribution in [3.05, 3.63) is 28.7 Å². The Kier molecular flexibility index (Phi) is 3.39. The molecule has 0 saturated carbocycles. The van der Waals surface area contributed by atoms with Crippen molar-refractivity contribution in [3.8, 4) is 0 Å². The van der Waals surface area contributed by atoms with Crippen LogP contribution < -0.4 is 0 Å². The Balaban J connectivity index is 2.25. The topological polar surface area (TPSA) is 76.0 Å². The third-order valence-corrected chi connectivity index (χ3v) is 4.06. The zero-order chi connectivity index (χ0) is 12.4. The second-order valence-electron chi connectivity index (χ2n) is 3.24. The van der Waals surface area contributed by atoms with Gasteiger partial charge in [0.1, 0.15) is 15.7 Å². The van der Waals surface area contributed by atoms with E-state index in [9.17, 15) is 4.79 Å². The molecule has 0 aliphatic rings. The van der Waals surface area contributed by atoms with E-state index >= 15 is 0 Å². The maximum Gasteiger partial charge on any atom is 0.347 e. The van der Waals surface area contributed by atoms with Crippen LogP contribution in [0.4, 0.5) is 0 Å². The highest BCUT2D eigenvalue weighted by atomic mass is 32.2. The number of carbonyl (C=O) groups is 1. The van der Waals surface area contributed by atoms with Gasteiger partial charge in [0.25, 0.3) is 0 Å². The molecule has 0 aromatic carbocycles. The van der Waals surface area contributed by atoms with Crippen LogP contribution in [0.15, 0.2) is 21.6 Å². The predicted octanol–water partition coefficient (Wildman–Crippen LogP) is 2.40. The number of aryl methyl sites for hydroxylation is 2. The van der Waals surface area contributed by atoms with Crippen molar-refractivity contribution < 1.29 is 9.90 Å². The van der Waals surface area contributed by atoms with E-state index in [4.69, 9.17) is 5.11 Å². The fourth-order valence-corrected chi connectivity index (χ4v) is 3.17. The summed E-state index contributed by atoms with van der Waals surface area (Å²) in [6, 6.07) is 1.77. The molecule has 7 heteroatoms. The molecule has 88 valence electrons. The number of carboxylic acid groups (broad SMARTS) is 1. The van der Waals surface area contributed by atoms with Gasteiger partial charge in [-0.1, -0.05) is 11.3 Å². The fraction of sp³-hybridized carbons (Fsp3) is 0.200. The molecule has 0 saturated heterocycles. The number of aromatic carboxylic acids is 1. The number of rotatable bonds is 3. The minimum Gasteiger partial charge on any atom is -0.477 e. The highest BCUT2D eigenvalue weighted by molar-refractivity contribution is 8.01. The molecule has 0 unspecified atom stereocenters. The Bertz CT molecular complexity index is 568. The summed E-state index contributed by atoms with van der Waals surface area (Å²) in [7, 11) is 0. The average molecular weight is 267 g/mol. The molecule has 2 aromatic rings. The van der Waals surface area contributed by atoms with E-state index in [0.717, 1.165) is 16.4 Å². The van der Waals surface area contributed by atoms with E-state index in [1.165, 1.54) is 11.8 Å². The number of carboxylic acids is 1. The molecule has 1 N–H and O–H groups in total. The van der Waals surface area contributed by atoms with Gasteiger partial charge in [0.2, 0.25) is 0 Å². The van der Waals surface area contributed by atoms with Crippen LogP contribution in [0.1, 0.15) is 21.2 Å². The van der Waals surface area contributed by atoms with Gasteiger partial charge in [-0.25, -0.2) is 19.7 Å². The number of nitrogens with zero attached hydrogens (tertiary/aromatic N) is 3. The minimum absolute atomic E-state index is 0.276. The van der Waals surface area contributed by atoms with Crippen molar-refractivity contribution >= 4 is 29.1 Å². The summed E-state index contributed by atoms with van der Waals surface area (Å²) < 4.78 is 0.679. The van der Waals surface area contributed by atoms with Crippen molar-refractivity contribution in [1.29, 1.82) is 0 Å². The maximum atomic E-state index is 10.9. The molecule has 0 bridgehead atoms. The molecule has 0 radical (unpaired) electrons. The molecule has 2 aromatic heterocycles. The van der Waals surface area contributed by atoms with Gasteiger partial charge in [0, 0.05) is 6.20 Å². The van der Waals surface area contributed by atoms with Gasteiger partial charge in [0.05, 0.1) is 5.69 Å². The molecular formula is C10H9N3O2S2. The Labute approximate surface area is 106 Å². The number of hydrogen-bond donors (Lipinski definition) is 1. The molecule has 17 heavy (non-hydrogen) atoms. The highest BCUT2D eigenvalue weighted by Gasteiger charge is 2.14. The summed E-state index contributed by atoms with van der Waals surface area (Å²) >= 11 is 2.51. The Hall–Kier alpha value is -1.47. The largest absolute Gasteiger partial charge is 0.477 e. The summed E-state index contributed by atoms with van der Waals surface area (Å²) in [6.07, 6.45) is 1.67. The van der Waals surface area contributed by atoms with Crippen molar-refractivity contribution in [2.24, 2.45) is 0 Å². The molecule has 0 amide bonds. The minimum atomic E-state index is -0.939. The Morgan fingerprint density at radius 3 is 2.76 bits per heavy atom. The lowest BCUT2D eigenvalue weighted by atomic mass is 10.4. The van der Waals surface area contributed by atoms with Gasteiger partial charge in [0.15, 0.2) is 4.34 Å². The van der Waals surface area contributed by atoms with Crippen LogP contribution in [-0.2, 0) is 0 Å². The van der Waals surface area contributed by atoms with Crippen molar-refractivity contribution in [2.75, 3.05) is 0 Å². The first-order valence-corrected chi connectivity index (χ1v) is 6.38. The van der Waals surface area contributed by atoms with Crippen LogP contribution in [-0.4, -0.2) is 26.0 Å². The Morgan fingerprint density at radius 2 is 2.18 bits per heavy atom. The quantitative estimate of drug-likeness (QED) is 0.860. The summed E-state index contributed by atoms with van der Waals surface area (Å²) in [5, 5.41) is 9.69. The zero-order valence-corrected chi connectivity index (χ0v) is 10.8. The molecule has 0 aliphatic carbocycles. The first kappa shape index (κ1) is 12.0. The molecule has 5 nitrogen and oxygen atoms in total. The molecule has 0 spiro atoms. The maximum absolute atomic E-state index is 10.9. The summed E-state index contributed by atoms with van der Waals surface area (Å²) in [6.45, 7) is 3.50. The highest BCUT2D eigenvalue weighted by Crippen LogP contribution is 2.31. The van der Waals surface area contributed by atoms with Crippen LogP contribution in [0, 0.1) is 13.8 Å². The van der Waals surface area contributed by atoms with Gasteiger partial charge < -0.3 is 5.11 Å². The number of thiazole rings is 1. The fourth-order valence-electron chi connectivity index (χ4n) is 1.19. The predicted molar refractivity (Wildman–Crippen MR) is 64.7 cm³/mol. The van der Waals surface area contributed by atoms with Gasteiger partial charge >= 0.3 is 5.97 Å². The zero-order valence-electron chi connectivity index (χ0n) is 9.17. The normalized spacial score (nSPS) is 10.5. The Morgan fingerprint density at radius 1 is 1.41 bits per heavy atom. The monoisotopic (exact) mass is 267 g/mol. The second kappa shape index (κ2) is 4.80. The summed E-state index contributed by atoms with van der Waals surface area (Å²) in [4.78, 5) is 23.6. The molecule has 0 fully saturated rings. The van der Waals surface area contributed by atoms with Crippen molar-refractivity contribution in [1.82, 2.24) is 15.0 Å². The molecule has 0 atom stereocenters. The molecule has 2 rings (SSSR count). The third-order valence-electron chi connectivity index (χ3n) is 1.91. The SMILES string of the molecule is Cc1nccc(Sc2nc(C)c(C(=O)O)s2)n1. The number of hydrogen-bond acceptors (Lipinski definition) is 6. The van der Waals surface area contributed by atoms with Crippen molar-refractivity contribution in [3.63, 3.8) is 0 Å². The van der Waals surface area contributed by atoms with E-state index in [0.29, 0.717) is 15.9 Å². The van der Waals surface area contributed by atoms with Crippen LogP contribution in [0.5, 0.6) is 0 Å². The average Bonchev–Trinajstić information content (AvgIpc) is 2.59. The van der Waals surface area contributed by atoms with Crippen LogP contribution in [0.25, 0.3) is 0 Å². The van der Waals surface area contributed by atoms with Crippen molar-refractivity contribution in [2.45, 2.75) is 23.2 Å². The first-order chi connectivity index (χ1) is 8.06. The van der Waals surface area contributed by atoms with Gasteiger partial charge in [-0.05, 0) is 31.7 Å². The lowest BCUT2D eigenvalue weighted by molar-refractivity contribution is 0.0701. The van der Waals surface area contributed by atoms with E-state index in [-0.39, 0.29) is 4.88 Å². The summed E-state index contributed by atoms with van der Waals surface area (Å²) in [5.41, 5.74) is 0.538. The van der Waals surface area contributed by atoms with E-state index in [1.54, 1.807) is 26.1 Å². The van der Waals surface area contributed by atoms with Gasteiger partial charge in [-0.15, -0.1) is 0 Å². The van der Waals surface area contributed by atoms with E-state index in [2.05, 4.69) is 15.0 Å². The lowest BCUT2D eigenvalue weighted by Gasteiger charge is -1.96. The number of aromatic nitrogens is 3. The van der Waals surface area contributed by atoms with Crippen LogP contribution in [0.3, 0.4) is 0 Å². The van der Waals surface area contributed by atoms with Crippen LogP contribution >= 0.6 is 23.1 Å². The third kappa shape index (κ3) is 2.80. The molecule has 0 aliphatic heterocycles. The first-order valence-electron chi connectivity index (χ1n) is 4.74. The second-order valence-corrected chi connectivity index (χ2v) is 5.51. The van der Waals surface area contributed by atoms with E-state index < -0.39 is 5.97 Å². The molecular weight excluding hydrogens is 258 g/mol. The van der Waals surface area contributed by atoms with Crippen LogP contribution in [0.2, 0.25) is 0 Å². The lowest BCUT2D eigenvalue weighted by Crippen LogP contribution is -1.94. The standard InChI is InChI=1S/C10H9N3O2S2/c1-5-8(9(14)15)17-10(12-5)16-7-3-4-11-6(2)13-7/h3-4H,1-2H3,(H,14,15). The smallest absolute Gasteiger partial charge is 0.347 e. The van der Waals surface area contributed by atoms with E-state index in [1.807, 2.05) is 0 Å². The van der Waals surface area contributed by atoms with Gasteiger partial charge in [-0.2, -0.15) is 0 Å². The molecule has 2 heterocycles.